The summed E-state index contributed by atoms with van der Waals surface area (Å²) in [5.74, 6) is 0. The fourth-order valence-electron chi connectivity index (χ4n) is 1.94. The summed E-state index contributed by atoms with van der Waals surface area (Å²) in [5.41, 5.74) is 1.16. The number of nitrogens with one attached hydrogen (secondary N) is 1. The maximum atomic E-state index is 5.74. The number of anilines is 1. The van der Waals surface area contributed by atoms with Gasteiger partial charge in [-0.1, -0.05) is 13.8 Å². The average molecular weight is 255 g/mol. The van der Waals surface area contributed by atoms with Gasteiger partial charge in [0, 0.05) is 25.0 Å². The Morgan fingerprint density at radius 3 is 3.18 bits per heavy atom. The number of likely N-dealkylation sites (N-methyl/N-ethyl adjacent to an activating group) is 1. The third-order valence-corrected chi connectivity index (χ3v) is 3.91. The van der Waals surface area contributed by atoms with Crippen molar-refractivity contribution in [1.82, 2.24) is 9.88 Å². The molecule has 1 N–H and O–H groups in total. The largest absolute Gasteiger partial charge is 0.374 e. The molecule has 0 saturated carbocycles. The summed E-state index contributed by atoms with van der Waals surface area (Å²) in [6.45, 7) is 9.22. The Labute approximate surface area is 107 Å². The van der Waals surface area contributed by atoms with Crippen LogP contribution < -0.4 is 5.32 Å². The van der Waals surface area contributed by atoms with E-state index >= 15 is 0 Å². The minimum Gasteiger partial charge on any atom is -0.374 e. The zero-order valence-corrected chi connectivity index (χ0v) is 11.4. The van der Waals surface area contributed by atoms with Crippen LogP contribution in [0.15, 0.2) is 5.38 Å². The van der Waals surface area contributed by atoms with Gasteiger partial charge in [-0.15, -0.1) is 11.3 Å². The van der Waals surface area contributed by atoms with Crippen LogP contribution in [0.25, 0.3) is 0 Å². The number of hydrogen-bond donors (Lipinski definition) is 1. The first kappa shape index (κ1) is 12.8. The van der Waals surface area contributed by atoms with Crippen LogP contribution in [0.5, 0.6) is 0 Å². The van der Waals surface area contributed by atoms with Crippen LogP contribution in [-0.2, 0) is 11.2 Å². The number of thiazole rings is 1. The van der Waals surface area contributed by atoms with E-state index in [4.69, 9.17) is 4.74 Å². The summed E-state index contributed by atoms with van der Waals surface area (Å²) in [6, 6.07) is 0. The predicted molar refractivity (Wildman–Crippen MR) is 71.8 cm³/mol. The Kier molecular flexibility index (Phi) is 4.76. The lowest BCUT2D eigenvalue weighted by molar-refractivity contribution is -0.0191. The van der Waals surface area contributed by atoms with Crippen molar-refractivity contribution in [2.24, 2.45) is 0 Å². The van der Waals surface area contributed by atoms with Crippen molar-refractivity contribution < 1.29 is 4.74 Å². The van der Waals surface area contributed by atoms with E-state index in [0.717, 1.165) is 50.0 Å². The normalized spacial score (nSPS) is 21.6. The van der Waals surface area contributed by atoms with Crippen molar-refractivity contribution in [2.75, 3.05) is 38.1 Å². The zero-order valence-electron chi connectivity index (χ0n) is 10.6. The molecule has 2 heterocycles. The third-order valence-electron chi connectivity index (χ3n) is 3.07. The van der Waals surface area contributed by atoms with Crippen molar-refractivity contribution in [3.05, 3.63) is 11.1 Å². The molecular weight excluding hydrogens is 234 g/mol. The number of hydrogen-bond acceptors (Lipinski definition) is 5. The molecule has 0 amide bonds. The summed E-state index contributed by atoms with van der Waals surface area (Å²) < 4.78 is 5.74. The minimum atomic E-state index is 0.290. The van der Waals surface area contributed by atoms with Gasteiger partial charge in [-0.2, -0.15) is 0 Å². The Hall–Kier alpha value is -0.650. The van der Waals surface area contributed by atoms with E-state index in [1.54, 1.807) is 11.3 Å². The van der Waals surface area contributed by atoms with E-state index in [2.05, 4.69) is 34.4 Å². The molecular formula is C12H21N3OS. The second kappa shape index (κ2) is 6.33. The molecule has 96 valence electrons. The summed E-state index contributed by atoms with van der Waals surface area (Å²) in [5, 5.41) is 6.50. The standard InChI is InChI=1S/C12H21N3OS/c1-3-10-9-17-12(14-10)13-7-11-8-15(4-2)5-6-16-11/h9,11H,3-8H2,1-2H3,(H,13,14). The smallest absolute Gasteiger partial charge is 0.182 e. The Morgan fingerprint density at radius 2 is 2.47 bits per heavy atom. The zero-order chi connectivity index (χ0) is 12.1. The minimum absolute atomic E-state index is 0.290. The predicted octanol–water partition coefficient (Wildman–Crippen LogP) is 1.84. The van der Waals surface area contributed by atoms with Crippen LogP contribution in [0.3, 0.4) is 0 Å². The molecule has 1 unspecified atom stereocenters. The molecule has 1 aromatic heterocycles. The first-order valence-corrected chi connectivity index (χ1v) is 7.22. The maximum Gasteiger partial charge on any atom is 0.182 e. The Balaban J connectivity index is 1.77. The summed E-state index contributed by atoms with van der Waals surface area (Å²) >= 11 is 1.68. The van der Waals surface area contributed by atoms with Crippen LogP contribution >= 0.6 is 11.3 Å². The highest BCUT2D eigenvalue weighted by Gasteiger charge is 2.19. The van der Waals surface area contributed by atoms with Gasteiger partial charge in [-0.3, -0.25) is 4.90 Å². The highest BCUT2D eigenvalue weighted by Crippen LogP contribution is 2.16. The van der Waals surface area contributed by atoms with Crippen LogP contribution in [0.4, 0.5) is 5.13 Å². The Morgan fingerprint density at radius 1 is 1.59 bits per heavy atom. The second-order valence-corrected chi connectivity index (χ2v) is 5.12. The molecule has 1 aliphatic heterocycles. The van der Waals surface area contributed by atoms with Gasteiger partial charge in [-0.25, -0.2) is 4.98 Å². The van der Waals surface area contributed by atoms with Gasteiger partial charge < -0.3 is 10.1 Å². The van der Waals surface area contributed by atoms with E-state index in [0.29, 0.717) is 0 Å². The topological polar surface area (TPSA) is 37.4 Å². The SMILES string of the molecule is CCc1csc(NCC2CN(CC)CCO2)n1. The first-order chi connectivity index (χ1) is 8.31. The number of nitrogens with zero attached hydrogens (tertiary/aromatic N) is 2. The molecule has 0 spiro atoms. The van der Waals surface area contributed by atoms with Gasteiger partial charge in [0.05, 0.1) is 18.4 Å². The molecule has 0 aromatic carbocycles. The average Bonchev–Trinajstić information content (AvgIpc) is 2.84. The third kappa shape index (κ3) is 3.66. The number of ether oxygens (including phenoxy) is 1. The molecule has 0 aliphatic carbocycles. The van der Waals surface area contributed by atoms with Gasteiger partial charge >= 0.3 is 0 Å². The quantitative estimate of drug-likeness (QED) is 0.871. The molecule has 1 fully saturated rings. The molecule has 2 rings (SSSR count). The number of morpholine rings is 1. The molecule has 0 radical (unpaired) electrons. The van der Waals surface area contributed by atoms with Crippen LogP contribution in [0, 0.1) is 0 Å². The van der Waals surface area contributed by atoms with Crippen molar-refractivity contribution >= 4 is 16.5 Å². The molecule has 1 atom stereocenters. The van der Waals surface area contributed by atoms with Gasteiger partial charge in [0.25, 0.3) is 0 Å². The molecule has 1 saturated heterocycles. The highest BCUT2D eigenvalue weighted by atomic mass is 32.1. The molecule has 0 bridgehead atoms. The van der Waals surface area contributed by atoms with E-state index in [1.807, 2.05) is 0 Å². The molecule has 1 aromatic rings. The lowest BCUT2D eigenvalue weighted by atomic mass is 10.2. The van der Waals surface area contributed by atoms with Gasteiger partial charge in [-0.05, 0) is 13.0 Å². The molecule has 5 heteroatoms. The van der Waals surface area contributed by atoms with Crippen molar-refractivity contribution in [3.8, 4) is 0 Å². The monoisotopic (exact) mass is 255 g/mol. The van der Waals surface area contributed by atoms with E-state index in [1.165, 1.54) is 0 Å². The van der Waals surface area contributed by atoms with E-state index in [9.17, 15) is 0 Å². The van der Waals surface area contributed by atoms with Gasteiger partial charge in [0.1, 0.15) is 0 Å². The number of aromatic nitrogens is 1. The maximum absolute atomic E-state index is 5.74. The second-order valence-electron chi connectivity index (χ2n) is 4.26. The van der Waals surface area contributed by atoms with Crippen LogP contribution in [0.1, 0.15) is 19.5 Å². The summed E-state index contributed by atoms with van der Waals surface area (Å²) in [6.07, 6.45) is 1.29. The lowest BCUT2D eigenvalue weighted by Gasteiger charge is -2.32. The lowest BCUT2D eigenvalue weighted by Crippen LogP contribution is -2.45. The fourth-order valence-corrected chi connectivity index (χ4v) is 2.75. The summed E-state index contributed by atoms with van der Waals surface area (Å²) in [4.78, 5) is 6.92. The number of aryl methyl sites for hydroxylation is 1. The molecule has 17 heavy (non-hydrogen) atoms. The van der Waals surface area contributed by atoms with Crippen molar-refractivity contribution in [3.63, 3.8) is 0 Å². The number of rotatable bonds is 5. The van der Waals surface area contributed by atoms with Crippen LogP contribution in [0.2, 0.25) is 0 Å². The van der Waals surface area contributed by atoms with Crippen molar-refractivity contribution in [1.29, 1.82) is 0 Å². The highest BCUT2D eigenvalue weighted by molar-refractivity contribution is 7.13. The van der Waals surface area contributed by atoms with Crippen molar-refractivity contribution in [2.45, 2.75) is 26.4 Å². The summed E-state index contributed by atoms with van der Waals surface area (Å²) in [7, 11) is 0. The molecule has 4 nitrogen and oxygen atoms in total. The van der Waals surface area contributed by atoms with Crippen LogP contribution in [-0.4, -0.2) is 48.8 Å². The first-order valence-electron chi connectivity index (χ1n) is 6.34. The molecule has 1 aliphatic rings. The van der Waals surface area contributed by atoms with Gasteiger partial charge in [0.15, 0.2) is 5.13 Å². The Bertz CT molecular complexity index is 342. The van der Waals surface area contributed by atoms with E-state index < -0.39 is 0 Å². The van der Waals surface area contributed by atoms with Gasteiger partial charge in [0.2, 0.25) is 0 Å². The van der Waals surface area contributed by atoms with E-state index in [-0.39, 0.29) is 6.10 Å². The fraction of sp³-hybridized carbons (Fsp3) is 0.750.